The smallest absolute Gasteiger partial charge is 0.0960 e. The van der Waals surface area contributed by atoms with E-state index in [0.29, 0.717) is 6.04 Å². The van der Waals surface area contributed by atoms with Gasteiger partial charge in [-0.15, -0.1) is 0 Å². The van der Waals surface area contributed by atoms with Crippen molar-refractivity contribution >= 4 is 0 Å². The Morgan fingerprint density at radius 3 is 2.23 bits per heavy atom. The summed E-state index contributed by atoms with van der Waals surface area (Å²) in [6.45, 7) is 10.7. The van der Waals surface area contributed by atoms with Gasteiger partial charge in [0.25, 0.3) is 0 Å². The molecule has 1 N–H and O–H groups in total. The molecule has 0 aliphatic rings. The maximum atomic E-state index is 8.92. The highest BCUT2D eigenvalue weighted by Crippen LogP contribution is 2.20. The quantitative estimate of drug-likeness (QED) is 0.725. The van der Waals surface area contributed by atoms with Crippen LogP contribution in [0.25, 0.3) is 0 Å². The first-order valence-corrected chi connectivity index (χ1v) is 5.04. The minimum atomic E-state index is -0.00468. The maximum Gasteiger partial charge on any atom is 0.0960 e. The molecule has 2 nitrogen and oxygen atoms in total. The summed E-state index contributed by atoms with van der Waals surface area (Å²) in [4.78, 5) is 0. The van der Waals surface area contributed by atoms with Crippen LogP contribution in [0.4, 0.5) is 0 Å². The van der Waals surface area contributed by atoms with Gasteiger partial charge in [-0.2, -0.15) is 5.26 Å². The summed E-state index contributed by atoms with van der Waals surface area (Å²) in [5, 5.41) is 12.2. The molecule has 0 spiro atoms. The van der Waals surface area contributed by atoms with E-state index in [9.17, 15) is 0 Å². The molecule has 2 heteroatoms. The number of hydrogen-bond donors (Lipinski definition) is 1. The molecule has 0 fully saturated rings. The standard InChI is InChI=1S/C11H22N2/c1-6-9(2)13-10(8-12)7-11(3,4)5/h9-10,13H,6-7H2,1-5H3. The second kappa shape index (κ2) is 5.24. The minimum Gasteiger partial charge on any atom is -0.299 e. The van der Waals surface area contributed by atoms with Crippen LogP contribution in [0.15, 0.2) is 0 Å². The first-order chi connectivity index (χ1) is 5.89. The van der Waals surface area contributed by atoms with E-state index >= 15 is 0 Å². The Labute approximate surface area is 82.3 Å². The zero-order valence-electron chi connectivity index (χ0n) is 9.52. The van der Waals surface area contributed by atoms with Crippen LogP contribution in [0.3, 0.4) is 0 Å². The summed E-state index contributed by atoms with van der Waals surface area (Å²) in [7, 11) is 0. The second-order valence-electron chi connectivity index (χ2n) is 4.92. The number of nitriles is 1. The Morgan fingerprint density at radius 1 is 1.38 bits per heavy atom. The van der Waals surface area contributed by atoms with Crippen molar-refractivity contribution in [3.05, 3.63) is 0 Å². The molecule has 0 aliphatic heterocycles. The predicted molar refractivity (Wildman–Crippen MR) is 56.4 cm³/mol. The fraction of sp³-hybridized carbons (Fsp3) is 0.909. The molecule has 0 radical (unpaired) electrons. The minimum absolute atomic E-state index is 0.00468. The van der Waals surface area contributed by atoms with Crippen LogP contribution < -0.4 is 5.32 Å². The zero-order chi connectivity index (χ0) is 10.5. The number of hydrogen-bond acceptors (Lipinski definition) is 2. The van der Waals surface area contributed by atoms with Crippen LogP contribution in [0.5, 0.6) is 0 Å². The lowest BCUT2D eigenvalue weighted by Crippen LogP contribution is -2.37. The Kier molecular flexibility index (Phi) is 5.02. The lowest BCUT2D eigenvalue weighted by atomic mass is 9.88. The number of nitrogens with zero attached hydrogens (tertiary/aromatic N) is 1. The maximum absolute atomic E-state index is 8.92. The van der Waals surface area contributed by atoms with E-state index in [1.165, 1.54) is 0 Å². The first-order valence-electron chi connectivity index (χ1n) is 5.04. The van der Waals surface area contributed by atoms with E-state index < -0.39 is 0 Å². The van der Waals surface area contributed by atoms with Crippen molar-refractivity contribution in [1.29, 1.82) is 5.26 Å². The van der Waals surface area contributed by atoms with Crippen LogP contribution in [-0.2, 0) is 0 Å². The average molecular weight is 182 g/mol. The molecule has 0 bridgehead atoms. The highest BCUT2D eigenvalue weighted by Gasteiger charge is 2.18. The predicted octanol–water partition coefficient (Wildman–Crippen LogP) is 2.70. The van der Waals surface area contributed by atoms with Crippen LogP contribution in [0, 0.1) is 16.7 Å². The average Bonchev–Trinajstić information content (AvgIpc) is 2.00. The summed E-state index contributed by atoms with van der Waals surface area (Å²) < 4.78 is 0. The van der Waals surface area contributed by atoms with Gasteiger partial charge < -0.3 is 0 Å². The monoisotopic (exact) mass is 182 g/mol. The van der Waals surface area contributed by atoms with Crippen molar-refractivity contribution in [1.82, 2.24) is 5.32 Å². The third-order valence-corrected chi connectivity index (χ3v) is 2.07. The fourth-order valence-electron chi connectivity index (χ4n) is 1.22. The van der Waals surface area contributed by atoms with E-state index in [0.717, 1.165) is 12.8 Å². The fourth-order valence-corrected chi connectivity index (χ4v) is 1.22. The largest absolute Gasteiger partial charge is 0.299 e. The Balaban J connectivity index is 3.99. The van der Waals surface area contributed by atoms with Crippen molar-refractivity contribution < 1.29 is 0 Å². The number of nitrogens with one attached hydrogen (secondary N) is 1. The lowest BCUT2D eigenvalue weighted by Gasteiger charge is -2.24. The molecule has 0 saturated heterocycles. The van der Waals surface area contributed by atoms with Gasteiger partial charge in [0.1, 0.15) is 0 Å². The van der Waals surface area contributed by atoms with Gasteiger partial charge in [0.2, 0.25) is 0 Å². The summed E-state index contributed by atoms with van der Waals surface area (Å²) in [6, 6.07) is 2.75. The molecule has 0 aromatic carbocycles. The Morgan fingerprint density at radius 2 is 1.92 bits per heavy atom. The number of rotatable bonds is 4. The van der Waals surface area contributed by atoms with Gasteiger partial charge >= 0.3 is 0 Å². The molecule has 0 aromatic rings. The summed E-state index contributed by atoms with van der Waals surface area (Å²) in [5.74, 6) is 0. The molecule has 2 unspecified atom stereocenters. The van der Waals surface area contributed by atoms with E-state index in [2.05, 4.69) is 46.0 Å². The molecular formula is C11H22N2. The van der Waals surface area contributed by atoms with Gasteiger partial charge in [-0.05, 0) is 25.2 Å². The molecule has 13 heavy (non-hydrogen) atoms. The topological polar surface area (TPSA) is 35.8 Å². The van der Waals surface area contributed by atoms with Crippen LogP contribution in [0.1, 0.15) is 47.5 Å². The molecule has 0 amide bonds. The van der Waals surface area contributed by atoms with Crippen molar-refractivity contribution in [2.24, 2.45) is 5.41 Å². The van der Waals surface area contributed by atoms with Crippen molar-refractivity contribution in [3.8, 4) is 6.07 Å². The molecule has 2 atom stereocenters. The SMILES string of the molecule is CCC(C)NC(C#N)CC(C)(C)C. The van der Waals surface area contributed by atoms with Gasteiger partial charge in [-0.3, -0.25) is 5.32 Å². The van der Waals surface area contributed by atoms with Gasteiger partial charge in [-0.25, -0.2) is 0 Å². The highest BCUT2D eigenvalue weighted by molar-refractivity contribution is 4.93. The van der Waals surface area contributed by atoms with Gasteiger partial charge in [0, 0.05) is 6.04 Å². The van der Waals surface area contributed by atoms with E-state index in [1.54, 1.807) is 0 Å². The summed E-state index contributed by atoms with van der Waals surface area (Å²) >= 11 is 0. The van der Waals surface area contributed by atoms with Crippen LogP contribution >= 0.6 is 0 Å². The molecule has 0 heterocycles. The Bertz CT molecular complexity index is 174. The van der Waals surface area contributed by atoms with Crippen molar-refractivity contribution in [3.63, 3.8) is 0 Å². The zero-order valence-corrected chi connectivity index (χ0v) is 9.52. The van der Waals surface area contributed by atoms with Gasteiger partial charge in [0.05, 0.1) is 12.1 Å². The molecule has 0 aromatic heterocycles. The van der Waals surface area contributed by atoms with Gasteiger partial charge in [0.15, 0.2) is 0 Å². The van der Waals surface area contributed by atoms with E-state index in [-0.39, 0.29) is 11.5 Å². The van der Waals surface area contributed by atoms with E-state index in [1.807, 2.05) is 0 Å². The first kappa shape index (κ1) is 12.4. The molecule has 76 valence electrons. The van der Waals surface area contributed by atoms with Gasteiger partial charge in [-0.1, -0.05) is 27.7 Å². The van der Waals surface area contributed by atoms with Crippen LogP contribution in [0.2, 0.25) is 0 Å². The highest BCUT2D eigenvalue weighted by atomic mass is 14.9. The molecule has 0 saturated carbocycles. The van der Waals surface area contributed by atoms with Crippen molar-refractivity contribution in [2.75, 3.05) is 0 Å². The third kappa shape index (κ3) is 6.60. The van der Waals surface area contributed by atoms with Crippen molar-refractivity contribution in [2.45, 2.75) is 59.5 Å². The lowest BCUT2D eigenvalue weighted by molar-refractivity contribution is 0.323. The van der Waals surface area contributed by atoms with E-state index in [4.69, 9.17) is 5.26 Å². The third-order valence-electron chi connectivity index (χ3n) is 2.07. The summed E-state index contributed by atoms with van der Waals surface area (Å²) in [6.07, 6.45) is 1.98. The second-order valence-corrected chi connectivity index (χ2v) is 4.92. The normalized spacial score (nSPS) is 16.3. The molecule has 0 rings (SSSR count). The Hall–Kier alpha value is -0.550. The summed E-state index contributed by atoms with van der Waals surface area (Å²) in [5.41, 5.74) is 0.223. The molecular weight excluding hydrogens is 160 g/mol. The van der Waals surface area contributed by atoms with Crippen LogP contribution in [-0.4, -0.2) is 12.1 Å². The molecule has 0 aliphatic carbocycles.